The Balaban J connectivity index is 2.02. The number of carbonyl (C=O) groups excluding carboxylic acids is 2. The first-order valence-corrected chi connectivity index (χ1v) is 7.75. The largest absolute Gasteiger partial charge is 0.381 e. The van der Waals surface area contributed by atoms with Crippen molar-refractivity contribution in [2.75, 3.05) is 0 Å². The minimum Gasteiger partial charge on any atom is -0.377 e. The Kier molecular flexibility index (Phi) is 4.87. The maximum atomic E-state index is 12.3. The lowest BCUT2D eigenvalue weighted by molar-refractivity contribution is -0.167. The highest BCUT2D eigenvalue weighted by Crippen LogP contribution is 2.32. The molecule has 1 aliphatic rings. The van der Waals surface area contributed by atoms with E-state index in [4.69, 9.17) is 9.68 Å². The van der Waals surface area contributed by atoms with Crippen LogP contribution in [0.5, 0.6) is 0 Å². The van der Waals surface area contributed by atoms with Crippen LogP contribution in [0.3, 0.4) is 0 Å². The van der Waals surface area contributed by atoms with Gasteiger partial charge in [-0.1, -0.05) is 61.4 Å². The summed E-state index contributed by atoms with van der Waals surface area (Å²) in [4.78, 5) is 34.6. The highest BCUT2D eigenvalue weighted by atomic mass is 16.7. The lowest BCUT2D eigenvalue weighted by atomic mass is 9.84. The number of Topliss-reactive ketones (excluding diaryl/α,β-unsaturated/α-hetero) is 1. The third-order valence-corrected chi connectivity index (χ3v) is 3.79. The molecule has 1 heterocycles. The van der Waals surface area contributed by atoms with E-state index in [1.807, 2.05) is 26.8 Å². The maximum Gasteiger partial charge on any atom is 0.381 e. The molecule has 1 unspecified atom stereocenters. The lowest BCUT2D eigenvalue weighted by Gasteiger charge is -2.20. The van der Waals surface area contributed by atoms with Crippen molar-refractivity contribution in [3.63, 3.8) is 0 Å². The molecule has 0 saturated heterocycles. The van der Waals surface area contributed by atoms with Crippen LogP contribution in [0.1, 0.15) is 51.4 Å². The Labute approximate surface area is 141 Å². The van der Waals surface area contributed by atoms with E-state index in [-0.39, 0.29) is 16.9 Å². The fourth-order valence-corrected chi connectivity index (χ4v) is 2.10. The van der Waals surface area contributed by atoms with Gasteiger partial charge in [0.1, 0.15) is 5.71 Å². The molecule has 1 aromatic rings. The van der Waals surface area contributed by atoms with Gasteiger partial charge in [0.25, 0.3) is 0 Å². The molecule has 1 aromatic carbocycles. The van der Waals surface area contributed by atoms with Crippen LogP contribution in [0.4, 0.5) is 0 Å². The molecule has 0 saturated carbocycles. The fourth-order valence-electron chi connectivity index (χ4n) is 2.10. The van der Waals surface area contributed by atoms with Crippen molar-refractivity contribution in [3.05, 3.63) is 35.9 Å². The van der Waals surface area contributed by atoms with Crippen LogP contribution >= 0.6 is 0 Å². The number of rotatable bonds is 4. The molecule has 0 aliphatic carbocycles. The number of ketones is 1. The van der Waals surface area contributed by atoms with Gasteiger partial charge in [0.15, 0.2) is 0 Å². The molecule has 0 radical (unpaired) electrons. The monoisotopic (exact) mass is 330 g/mol. The molecule has 0 spiro atoms. The summed E-state index contributed by atoms with van der Waals surface area (Å²) in [6.45, 7) is 9.08. The Morgan fingerprint density at radius 3 is 2.42 bits per heavy atom. The molecule has 1 atom stereocenters. The molecule has 6 heteroatoms. The quantitative estimate of drug-likeness (QED) is 0.367. The van der Waals surface area contributed by atoms with Crippen LogP contribution in [0, 0.1) is 5.41 Å². The van der Waals surface area contributed by atoms with Crippen molar-refractivity contribution >= 4 is 23.2 Å². The maximum absolute atomic E-state index is 12.3. The van der Waals surface area contributed by atoms with E-state index in [0.717, 1.165) is 5.71 Å². The zero-order valence-corrected chi connectivity index (χ0v) is 14.6. The summed E-state index contributed by atoms with van der Waals surface area (Å²) in [5, 5.41) is 7.66. The van der Waals surface area contributed by atoms with Gasteiger partial charge >= 0.3 is 5.97 Å². The van der Waals surface area contributed by atoms with E-state index in [1.165, 1.54) is 6.92 Å². The van der Waals surface area contributed by atoms with Crippen molar-refractivity contribution in [3.8, 4) is 0 Å². The third-order valence-electron chi connectivity index (χ3n) is 3.79. The predicted molar refractivity (Wildman–Crippen MR) is 91.0 cm³/mol. The second-order valence-electron chi connectivity index (χ2n) is 7.04. The Morgan fingerprint density at radius 1 is 1.25 bits per heavy atom. The number of carbonyl (C=O) groups is 2. The van der Waals surface area contributed by atoms with Gasteiger partial charge in [0, 0.05) is 17.4 Å². The van der Waals surface area contributed by atoms with E-state index in [2.05, 4.69) is 10.3 Å². The molecule has 0 amide bonds. The summed E-state index contributed by atoms with van der Waals surface area (Å²) in [5.74, 6) is -0.974. The zero-order valence-electron chi connectivity index (χ0n) is 14.6. The van der Waals surface area contributed by atoms with Crippen molar-refractivity contribution in [2.45, 2.75) is 46.6 Å². The summed E-state index contributed by atoms with van der Waals surface area (Å²) >= 11 is 0. The van der Waals surface area contributed by atoms with Gasteiger partial charge in [-0.3, -0.25) is 4.79 Å². The van der Waals surface area contributed by atoms with Crippen LogP contribution in [0.15, 0.2) is 40.6 Å². The molecular weight excluding hydrogens is 308 g/mol. The van der Waals surface area contributed by atoms with Crippen LogP contribution in [-0.2, 0) is 14.5 Å². The van der Waals surface area contributed by atoms with Gasteiger partial charge in [-0.15, -0.1) is 0 Å². The molecule has 0 aromatic heterocycles. The molecule has 0 fully saturated rings. The lowest BCUT2D eigenvalue weighted by Crippen LogP contribution is -2.38. The number of hydrogen-bond donors (Lipinski definition) is 0. The number of nitrogens with zero attached hydrogens (tertiary/aromatic N) is 2. The van der Waals surface area contributed by atoms with E-state index < -0.39 is 11.6 Å². The summed E-state index contributed by atoms with van der Waals surface area (Å²) in [6, 6.07) is 8.67. The average molecular weight is 330 g/mol. The van der Waals surface area contributed by atoms with E-state index in [0.29, 0.717) is 12.0 Å². The van der Waals surface area contributed by atoms with Crippen LogP contribution in [0.25, 0.3) is 0 Å². The summed E-state index contributed by atoms with van der Waals surface area (Å²) < 4.78 is 0. The SMILES string of the molecule is C/C(=N\OC(=O)C1(C)CC(C(C)(C)C)=NO1)C(=O)c1ccccc1. The molecule has 128 valence electrons. The highest BCUT2D eigenvalue weighted by Gasteiger charge is 2.46. The minimum atomic E-state index is -1.22. The minimum absolute atomic E-state index is 0.0908. The smallest absolute Gasteiger partial charge is 0.377 e. The number of benzene rings is 1. The molecule has 2 rings (SSSR count). The van der Waals surface area contributed by atoms with Crippen LogP contribution < -0.4 is 0 Å². The normalized spacial score (nSPS) is 21.0. The second-order valence-corrected chi connectivity index (χ2v) is 7.04. The van der Waals surface area contributed by atoms with Crippen LogP contribution in [-0.4, -0.2) is 28.8 Å². The van der Waals surface area contributed by atoms with Gasteiger partial charge in [-0.05, 0) is 13.8 Å². The molecule has 0 N–H and O–H groups in total. The van der Waals surface area contributed by atoms with Crippen molar-refractivity contribution in [2.24, 2.45) is 15.7 Å². The average Bonchev–Trinajstić information content (AvgIpc) is 2.96. The van der Waals surface area contributed by atoms with E-state index in [9.17, 15) is 9.59 Å². The molecule has 6 nitrogen and oxygen atoms in total. The first-order valence-electron chi connectivity index (χ1n) is 7.75. The summed E-state index contributed by atoms with van der Waals surface area (Å²) in [7, 11) is 0. The van der Waals surface area contributed by atoms with Gasteiger partial charge in [0.05, 0.1) is 5.71 Å². The van der Waals surface area contributed by atoms with Crippen LogP contribution in [0.2, 0.25) is 0 Å². The zero-order chi connectivity index (χ0) is 18.0. The fraction of sp³-hybridized carbons (Fsp3) is 0.444. The Bertz CT molecular complexity index is 701. The first kappa shape index (κ1) is 17.8. The summed E-state index contributed by atoms with van der Waals surface area (Å²) in [6.07, 6.45) is 0.330. The Morgan fingerprint density at radius 2 is 1.88 bits per heavy atom. The van der Waals surface area contributed by atoms with Crippen molar-refractivity contribution in [1.82, 2.24) is 0 Å². The van der Waals surface area contributed by atoms with Crippen molar-refractivity contribution < 1.29 is 19.3 Å². The number of hydrogen-bond acceptors (Lipinski definition) is 6. The summed E-state index contributed by atoms with van der Waals surface area (Å²) in [5.41, 5.74) is -0.0597. The van der Waals surface area contributed by atoms with Gasteiger partial charge in [-0.25, -0.2) is 4.79 Å². The second kappa shape index (κ2) is 6.55. The topological polar surface area (TPSA) is 77.3 Å². The highest BCUT2D eigenvalue weighted by molar-refractivity contribution is 6.45. The van der Waals surface area contributed by atoms with E-state index in [1.54, 1.807) is 31.2 Å². The molecule has 24 heavy (non-hydrogen) atoms. The molecule has 1 aliphatic heterocycles. The van der Waals surface area contributed by atoms with Gasteiger partial charge in [-0.2, -0.15) is 0 Å². The number of oxime groups is 2. The first-order chi connectivity index (χ1) is 11.1. The molecule has 0 bridgehead atoms. The standard InChI is InChI=1S/C18H22N2O4/c1-12(15(21)13-9-7-6-8-10-13)19-23-16(22)18(5)11-14(20-24-18)17(2,3)4/h6-10H,11H2,1-5H3/b19-12+. The molecular formula is C18H22N2O4. The van der Waals surface area contributed by atoms with Gasteiger partial charge < -0.3 is 9.68 Å². The van der Waals surface area contributed by atoms with Gasteiger partial charge in [0.2, 0.25) is 11.4 Å². The van der Waals surface area contributed by atoms with E-state index >= 15 is 0 Å². The predicted octanol–water partition coefficient (Wildman–Crippen LogP) is 3.37. The third kappa shape index (κ3) is 3.88. The Hall–Kier alpha value is -2.50. The van der Waals surface area contributed by atoms with Crippen molar-refractivity contribution in [1.29, 1.82) is 0 Å².